The lowest BCUT2D eigenvalue weighted by Crippen LogP contribution is -2.38. The molecule has 1 fully saturated rings. The first kappa shape index (κ1) is 20.1. The van der Waals surface area contributed by atoms with Crippen LogP contribution in [0.4, 0.5) is 0 Å². The molecule has 1 aliphatic rings. The molecular formula is C18H20IN3O4S. The maximum Gasteiger partial charge on any atom is 0.308 e. The molecule has 1 N–H and O–H groups in total. The predicted molar refractivity (Wildman–Crippen MR) is 108 cm³/mol. The van der Waals surface area contributed by atoms with Crippen LogP contribution in [0.2, 0.25) is 0 Å². The topological polar surface area (TPSA) is 101 Å². The number of nitrogens with one attached hydrogen (secondary N) is 1. The van der Waals surface area contributed by atoms with Gasteiger partial charge in [-0.1, -0.05) is 6.07 Å². The molecule has 0 unspecified atom stereocenters. The third-order valence-corrected chi connectivity index (χ3v) is 7.89. The van der Waals surface area contributed by atoms with Crippen molar-refractivity contribution < 1.29 is 17.9 Å². The van der Waals surface area contributed by atoms with Crippen LogP contribution < -0.4 is 4.72 Å². The summed E-state index contributed by atoms with van der Waals surface area (Å²) in [5, 5.41) is 10.1. The summed E-state index contributed by atoms with van der Waals surface area (Å²) in [6.45, 7) is 0. The number of carbonyl (C=O) groups is 1. The number of hydrogen-bond donors (Lipinski definition) is 1. The van der Waals surface area contributed by atoms with E-state index < -0.39 is 10.0 Å². The SMILES string of the molecule is COC(=O)[C@H]1CC[C@H](NS(=O)(=O)c2ccc3c(C#N)c(I)n(C)c3c2)CC1. The molecule has 1 saturated carbocycles. The van der Waals surface area contributed by atoms with E-state index >= 15 is 0 Å². The van der Waals surface area contributed by atoms with E-state index in [2.05, 4.69) is 33.4 Å². The second kappa shape index (κ2) is 7.77. The van der Waals surface area contributed by atoms with E-state index in [1.807, 2.05) is 11.6 Å². The van der Waals surface area contributed by atoms with Gasteiger partial charge in [0.1, 0.15) is 6.07 Å². The van der Waals surface area contributed by atoms with Crippen LogP contribution in [0.15, 0.2) is 23.1 Å². The molecule has 0 spiro atoms. The Bertz CT molecular complexity index is 1030. The second-order valence-corrected chi connectivity index (χ2v) is 9.44. The number of hydrogen-bond acceptors (Lipinski definition) is 5. The van der Waals surface area contributed by atoms with Crippen molar-refractivity contribution in [1.82, 2.24) is 9.29 Å². The third kappa shape index (κ3) is 3.83. The lowest BCUT2D eigenvalue weighted by atomic mass is 9.86. The Morgan fingerprint density at radius 2 is 2.00 bits per heavy atom. The molecule has 9 heteroatoms. The summed E-state index contributed by atoms with van der Waals surface area (Å²) in [6.07, 6.45) is 2.42. The van der Waals surface area contributed by atoms with Crippen LogP contribution in [0.25, 0.3) is 10.9 Å². The Kier molecular flexibility index (Phi) is 5.79. The van der Waals surface area contributed by atoms with Crippen LogP contribution in [0.3, 0.4) is 0 Å². The minimum atomic E-state index is -3.69. The molecule has 0 saturated heterocycles. The molecule has 1 aliphatic carbocycles. The number of rotatable bonds is 4. The van der Waals surface area contributed by atoms with Crippen molar-refractivity contribution in [2.75, 3.05) is 7.11 Å². The number of aromatic nitrogens is 1. The first-order valence-corrected chi connectivity index (χ1v) is 11.1. The zero-order valence-electron chi connectivity index (χ0n) is 15.0. The lowest BCUT2D eigenvalue weighted by Gasteiger charge is -2.27. The van der Waals surface area contributed by atoms with E-state index in [1.54, 1.807) is 12.1 Å². The van der Waals surface area contributed by atoms with E-state index in [0.29, 0.717) is 36.8 Å². The quantitative estimate of drug-likeness (QED) is 0.513. The molecule has 0 radical (unpaired) electrons. The molecule has 1 heterocycles. The smallest absolute Gasteiger partial charge is 0.308 e. The van der Waals surface area contributed by atoms with Crippen molar-refractivity contribution in [1.29, 1.82) is 5.26 Å². The Morgan fingerprint density at radius 3 is 2.59 bits per heavy atom. The normalized spacial score (nSPS) is 20.4. The fourth-order valence-corrected chi connectivity index (χ4v) is 5.56. The van der Waals surface area contributed by atoms with Crippen molar-refractivity contribution in [3.8, 4) is 6.07 Å². The van der Waals surface area contributed by atoms with E-state index in [1.165, 1.54) is 13.2 Å². The molecule has 0 atom stereocenters. The number of benzene rings is 1. The van der Waals surface area contributed by atoms with Crippen molar-refractivity contribution in [3.63, 3.8) is 0 Å². The van der Waals surface area contributed by atoms with Gasteiger partial charge in [-0.25, -0.2) is 13.1 Å². The van der Waals surface area contributed by atoms with Gasteiger partial charge in [0.05, 0.1) is 32.7 Å². The molecule has 27 heavy (non-hydrogen) atoms. The fourth-order valence-electron chi connectivity index (χ4n) is 3.56. The molecule has 0 bridgehead atoms. The summed E-state index contributed by atoms with van der Waals surface area (Å²) in [7, 11) is -0.507. The number of esters is 1. The highest BCUT2D eigenvalue weighted by molar-refractivity contribution is 14.1. The molecule has 144 valence electrons. The van der Waals surface area contributed by atoms with Gasteiger partial charge in [-0.3, -0.25) is 4.79 Å². The molecule has 0 aliphatic heterocycles. The van der Waals surface area contributed by atoms with Crippen LogP contribution in [-0.4, -0.2) is 32.1 Å². The van der Waals surface area contributed by atoms with Gasteiger partial charge in [0.25, 0.3) is 0 Å². The summed E-state index contributed by atoms with van der Waals surface area (Å²) in [6, 6.07) is 6.78. The highest BCUT2D eigenvalue weighted by atomic mass is 127. The minimum absolute atomic E-state index is 0.151. The molecular weight excluding hydrogens is 481 g/mol. The van der Waals surface area contributed by atoms with Crippen LogP contribution in [0, 0.1) is 20.9 Å². The van der Waals surface area contributed by atoms with E-state index in [9.17, 15) is 18.5 Å². The number of carbonyl (C=O) groups excluding carboxylic acids is 1. The molecule has 1 aromatic carbocycles. The largest absolute Gasteiger partial charge is 0.469 e. The second-order valence-electron chi connectivity index (χ2n) is 6.71. The van der Waals surface area contributed by atoms with Gasteiger partial charge in [-0.2, -0.15) is 5.26 Å². The number of nitrogens with zero attached hydrogens (tertiary/aromatic N) is 2. The zero-order chi connectivity index (χ0) is 19.8. The average molecular weight is 501 g/mol. The van der Waals surface area contributed by atoms with Crippen LogP contribution in [0.5, 0.6) is 0 Å². The van der Waals surface area contributed by atoms with Gasteiger partial charge in [0.2, 0.25) is 10.0 Å². The van der Waals surface area contributed by atoms with Crippen LogP contribution in [-0.2, 0) is 26.6 Å². The number of halogens is 1. The standard InChI is InChI=1S/C18H20IN3O4S/c1-22-16-9-13(7-8-14(16)15(10-20)17(22)19)27(24,25)21-12-5-3-11(4-6-12)18(23)26-2/h7-9,11-12,21H,3-6H2,1-2H3/t11-,12-. The number of nitriles is 1. The summed E-state index contributed by atoms with van der Waals surface area (Å²) < 4.78 is 35.7. The molecule has 2 aromatic rings. The van der Waals surface area contributed by atoms with E-state index in [-0.39, 0.29) is 22.8 Å². The maximum absolute atomic E-state index is 12.8. The molecule has 3 rings (SSSR count). The number of ether oxygens (including phenoxy) is 1. The van der Waals surface area contributed by atoms with Gasteiger partial charge < -0.3 is 9.30 Å². The Labute approximate surface area is 171 Å². The summed E-state index contributed by atoms with van der Waals surface area (Å²) in [5.41, 5.74) is 1.25. The summed E-state index contributed by atoms with van der Waals surface area (Å²) >= 11 is 2.08. The number of aryl methyl sites for hydroxylation is 1. The highest BCUT2D eigenvalue weighted by Gasteiger charge is 2.30. The fraction of sp³-hybridized carbons (Fsp3) is 0.444. The van der Waals surface area contributed by atoms with Crippen molar-refractivity contribution in [2.24, 2.45) is 13.0 Å². The van der Waals surface area contributed by atoms with Gasteiger partial charge in [-0.15, -0.1) is 0 Å². The average Bonchev–Trinajstić information content (AvgIpc) is 2.91. The monoisotopic (exact) mass is 501 g/mol. The van der Waals surface area contributed by atoms with Crippen LogP contribution in [0.1, 0.15) is 31.2 Å². The number of sulfonamides is 1. The van der Waals surface area contributed by atoms with Crippen molar-refractivity contribution >= 4 is 49.5 Å². The summed E-state index contributed by atoms with van der Waals surface area (Å²) in [5.74, 6) is -0.379. The summed E-state index contributed by atoms with van der Waals surface area (Å²) in [4.78, 5) is 11.8. The van der Waals surface area contributed by atoms with Gasteiger partial charge >= 0.3 is 5.97 Å². The molecule has 0 amide bonds. The first-order chi connectivity index (χ1) is 12.8. The lowest BCUT2D eigenvalue weighted by molar-refractivity contribution is -0.146. The van der Waals surface area contributed by atoms with Gasteiger partial charge in [-0.05, 0) is 60.4 Å². The van der Waals surface area contributed by atoms with Crippen molar-refractivity contribution in [3.05, 3.63) is 27.5 Å². The van der Waals surface area contributed by atoms with Gasteiger partial charge in [0.15, 0.2) is 0 Å². The first-order valence-electron chi connectivity index (χ1n) is 8.56. The third-order valence-electron chi connectivity index (χ3n) is 5.11. The van der Waals surface area contributed by atoms with Crippen LogP contribution >= 0.6 is 22.6 Å². The molecule has 7 nitrogen and oxygen atoms in total. The Balaban J connectivity index is 1.81. The van der Waals surface area contributed by atoms with Gasteiger partial charge in [0, 0.05) is 18.5 Å². The Hall–Kier alpha value is -1.64. The number of fused-ring (bicyclic) bond motifs is 1. The number of methoxy groups -OCH3 is 1. The zero-order valence-corrected chi connectivity index (χ0v) is 18.0. The minimum Gasteiger partial charge on any atom is -0.469 e. The Morgan fingerprint density at radius 1 is 1.33 bits per heavy atom. The van der Waals surface area contributed by atoms with E-state index in [0.717, 1.165) is 9.09 Å². The van der Waals surface area contributed by atoms with Crippen molar-refractivity contribution in [2.45, 2.75) is 36.6 Å². The van der Waals surface area contributed by atoms with E-state index in [4.69, 9.17) is 4.74 Å². The predicted octanol–water partition coefficient (Wildman–Crippen LogP) is 2.66. The molecule has 1 aromatic heterocycles. The highest BCUT2D eigenvalue weighted by Crippen LogP contribution is 2.29. The maximum atomic E-state index is 12.8.